The second-order valence-corrected chi connectivity index (χ2v) is 9.68. The number of ketones is 2. The Balaban J connectivity index is 3.17. The summed E-state index contributed by atoms with van der Waals surface area (Å²) in [6, 6.07) is 0. The maximum Gasteiger partial charge on any atom is 0.337 e. The third-order valence-electron chi connectivity index (χ3n) is 5.28. The van der Waals surface area contributed by atoms with Gasteiger partial charge in [-0.25, -0.2) is 0 Å². The molecule has 0 saturated carbocycles. The van der Waals surface area contributed by atoms with Gasteiger partial charge in [0, 0.05) is 34.9 Å². The molecule has 0 heterocycles. The van der Waals surface area contributed by atoms with E-state index in [1.807, 2.05) is 13.0 Å². The number of hydrogen-bond acceptors (Lipinski definition) is 9. The van der Waals surface area contributed by atoms with E-state index in [9.17, 15) is 14.2 Å². The van der Waals surface area contributed by atoms with Gasteiger partial charge in [-0.2, -0.15) is 0 Å². The van der Waals surface area contributed by atoms with Gasteiger partial charge in [-0.05, 0) is 12.8 Å². The zero-order valence-corrected chi connectivity index (χ0v) is 19.0. The van der Waals surface area contributed by atoms with E-state index in [2.05, 4.69) is 0 Å². The summed E-state index contributed by atoms with van der Waals surface area (Å²) in [5.41, 5.74) is -2.13. The van der Waals surface area contributed by atoms with Crippen LogP contribution in [-0.4, -0.2) is 73.0 Å². The Labute approximate surface area is 172 Å². The Morgan fingerprint density at radius 1 is 1.07 bits per heavy atom. The summed E-state index contributed by atoms with van der Waals surface area (Å²) in [4.78, 5) is 26.4. The fourth-order valence-electron chi connectivity index (χ4n) is 3.36. The highest BCUT2D eigenvalue weighted by molar-refractivity contribution is 7.54. The van der Waals surface area contributed by atoms with E-state index < -0.39 is 30.4 Å². The molecular formula is C19H33O9P. The SMILES string of the molecule is COCOC[C@]1(CC(=O)CP(=O)(OC)OC)C=C[C@H](C)[C@](C)(COCOC)C1=O. The normalized spacial score (nSPS) is 27.4. The van der Waals surface area contributed by atoms with E-state index in [1.54, 1.807) is 13.0 Å². The predicted molar refractivity (Wildman–Crippen MR) is 106 cm³/mol. The van der Waals surface area contributed by atoms with Gasteiger partial charge in [-0.15, -0.1) is 0 Å². The summed E-state index contributed by atoms with van der Waals surface area (Å²) in [6.45, 7) is 3.80. The van der Waals surface area contributed by atoms with Crippen molar-refractivity contribution in [3.63, 3.8) is 0 Å². The lowest BCUT2D eigenvalue weighted by Crippen LogP contribution is -2.52. The molecule has 168 valence electrons. The van der Waals surface area contributed by atoms with Crippen molar-refractivity contribution >= 4 is 19.2 Å². The van der Waals surface area contributed by atoms with Gasteiger partial charge in [0.1, 0.15) is 25.5 Å². The number of hydrogen-bond donors (Lipinski definition) is 0. The standard InChI is InChI=1S/C19H33O9P/c1-15-7-8-19(12-28-14-24-4,9-16(20)10-29(22,25-5)26-6)17(21)18(15,2)11-27-13-23-3/h7-8,15H,9-14H2,1-6H3/t15-,18-,19+/m0/s1. The maximum atomic E-state index is 13.6. The first kappa shape index (κ1) is 26.1. The van der Waals surface area contributed by atoms with Crippen LogP contribution in [0.1, 0.15) is 20.3 Å². The summed E-state index contributed by atoms with van der Waals surface area (Å²) >= 11 is 0. The van der Waals surface area contributed by atoms with Crippen LogP contribution in [0.2, 0.25) is 0 Å². The largest absolute Gasteiger partial charge is 0.359 e. The van der Waals surface area contributed by atoms with Gasteiger partial charge in [0.2, 0.25) is 0 Å². The number of carbonyl (C=O) groups is 2. The molecule has 0 N–H and O–H groups in total. The molecule has 10 heteroatoms. The van der Waals surface area contributed by atoms with Crippen LogP contribution in [0.15, 0.2) is 12.2 Å². The monoisotopic (exact) mass is 436 g/mol. The predicted octanol–water partition coefficient (Wildman–Crippen LogP) is 2.44. The van der Waals surface area contributed by atoms with Crippen molar-refractivity contribution in [2.45, 2.75) is 20.3 Å². The minimum absolute atomic E-state index is 0.0296. The van der Waals surface area contributed by atoms with Gasteiger partial charge in [-0.1, -0.05) is 19.1 Å². The molecule has 0 aromatic rings. The summed E-state index contributed by atoms with van der Waals surface area (Å²) in [5, 5.41) is 0. The van der Waals surface area contributed by atoms with E-state index in [4.69, 9.17) is 28.0 Å². The summed E-state index contributed by atoms with van der Waals surface area (Å²) in [6.07, 6.45) is 2.96. The van der Waals surface area contributed by atoms with Crippen LogP contribution in [0.5, 0.6) is 0 Å². The molecule has 0 spiro atoms. The molecule has 3 atom stereocenters. The minimum atomic E-state index is -3.54. The van der Waals surface area contributed by atoms with E-state index in [-0.39, 0.29) is 44.9 Å². The van der Waals surface area contributed by atoms with Gasteiger partial charge in [0.05, 0.1) is 24.0 Å². The van der Waals surface area contributed by atoms with Gasteiger partial charge in [-0.3, -0.25) is 14.2 Å². The Hall–Kier alpha value is -0.930. The van der Waals surface area contributed by atoms with Crippen molar-refractivity contribution in [3.05, 3.63) is 12.2 Å². The van der Waals surface area contributed by atoms with Crippen molar-refractivity contribution in [1.29, 1.82) is 0 Å². The summed E-state index contributed by atoms with van der Waals surface area (Å²) in [5.74, 6) is -0.738. The van der Waals surface area contributed by atoms with Gasteiger partial charge < -0.3 is 28.0 Å². The molecule has 0 aromatic heterocycles. The summed E-state index contributed by atoms with van der Waals surface area (Å²) in [7, 11) is 1.85. The number of ether oxygens (including phenoxy) is 4. The van der Waals surface area contributed by atoms with Crippen LogP contribution in [-0.2, 0) is 42.1 Å². The Bertz CT molecular complexity index is 627. The van der Waals surface area contributed by atoms with Gasteiger partial charge in [0.15, 0.2) is 5.78 Å². The molecule has 1 aliphatic carbocycles. The number of allylic oxidation sites excluding steroid dienone is 1. The quantitative estimate of drug-likeness (QED) is 0.176. The third-order valence-corrected chi connectivity index (χ3v) is 7.14. The third kappa shape index (κ3) is 6.52. The average molecular weight is 436 g/mol. The second kappa shape index (κ2) is 11.5. The molecule has 0 fully saturated rings. The van der Waals surface area contributed by atoms with Crippen LogP contribution >= 0.6 is 7.60 Å². The van der Waals surface area contributed by atoms with Crippen LogP contribution < -0.4 is 0 Å². The Morgan fingerprint density at radius 3 is 2.14 bits per heavy atom. The topological polar surface area (TPSA) is 107 Å². The first-order valence-corrected chi connectivity index (χ1v) is 11.0. The van der Waals surface area contributed by atoms with Gasteiger partial charge in [0.25, 0.3) is 0 Å². The molecule has 29 heavy (non-hydrogen) atoms. The highest BCUT2D eigenvalue weighted by Gasteiger charge is 2.53. The minimum Gasteiger partial charge on any atom is -0.359 e. The maximum absolute atomic E-state index is 13.6. The fourth-order valence-corrected chi connectivity index (χ4v) is 4.32. The number of Topliss-reactive ketones (excluding diaryl/α,β-unsaturated/α-hetero) is 2. The van der Waals surface area contributed by atoms with Crippen molar-refractivity contribution < 1.29 is 42.1 Å². The molecular weight excluding hydrogens is 403 g/mol. The molecule has 0 aromatic carbocycles. The Kier molecular flexibility index (Phi) is 10.3. The first-order chi connectivity index (χ1) is 13.6. The Morgan fingerprint density at radius 2 is 1.62 bits per heavy atom. The molecule has 0 saturated heterocycles. The lowest BCUT2D eigenvalue weighted by Gasteiger charge is -2.44. The molecule has 0 amide bonds. The van der Waals surface area contributed by atoms with Crippen molar-refractivity contribution in [1.82, 2.24) is 0 Å². The summed E-state index contributed by atoms with van der Waals surface area (Å²) < 4.78 is 42.9. The smallest absolute Gasteiger partial charge is 0.337 e. The lowest BCUT2D eigenvalue weighted by atomic mass is 9.60. The second-order valence-electron chi connectivity index (χ2n) is 7.41. The molecule has 0 unspecified atom stereocenters. The van der Waals surface area contributed by atoms with E-state index in [0.717, 1.165) is 0 Å². The molecule has 0 aliphatic heterocycles. The lowest BCUT2D eigenvalue weighted by molar-refractivity contribution is -0.155. The molecule has 1 rings (SSSR count). The molecule has 0 radical (unpaired) electrons. The number of rotatable bonds is 14. The molecule has 1 aliphatic rings. The van der Waals surface area contributed by atoms with E-state index in [1.165, 1.54) is 28.4 Å². The zero-order chi connectivity index (χ0) is 22.1. The number of carbonyl (C=O) groups excluding carboxylic acids is 2. The number of methoxy groups -OCH3 is 2. The van der Waals surface area contributed by atoms with Crippen molar-refractivity contribution in [2.75, 3.05) is 61.4 Å². The van der Waals surface area contributed by atoms with Crippen LogP contribution in [0.4, 0.5) is 0 Å². The van der Waals surface area contributed by atoms with Gasteiger partial charge >= 0.3 is 7.60 Å². The average Bonchev–Trinajstić information content (AvgIpc) is 2.70. The van der Waals surface area contributed by atoms with Crippen LogP contribution in [0.3, 0.4) is 0 Å². The zero-order valence-electron chi connectivity index (χ0n) is 18.1. The fraction of sp³-hybridized carbons (Fsp3) is 0.789. The highest BCUT2D eigenvalue weighted by Crippen LogP contribution is 2.49. The van der Waals surface area contributed by atoms with Crippen molar-refractivity contribution in [3.8, 4) is 0 Å². The van der Waals surface area contributed by atoms with Crippen molar-refractivity contribution in [2.24, 2.45) is 16.7 Å². The molecule has 9 nitrogen and oxygen atoms in total. The highest BCUT2D eigenvalue weighted by atomic mass is 31.2. The van der Waals surface area contributed by atoms with Crippen LogP contribution in [0.25, 0.3) is 0 Å². The van der Waals surface area contributed by atoms with E-state index in [0.29, 0.717) is 0 Å². The first-order valence-electron chi connectivity index (χ1n) is 9.23. The van der Waals surface area contributed by atoms with Crippen LogP contribution in [0, 0.1) is 16.7 Å². The molecule has 0 bridgehead atoms. The van der Waals surface area contributed by atoms with E-state index >= 15 is 0 Å².